The first-order chi connectivity index (χ1) is 10.3. The first-order valence-electron chi connectivity index (χ1n) is 6.37. The third-order valence-electron chi connectivity index (χ3n) is 3.14. The summed E-state index contributed by atoms with van der Waals surface area (Å²) in [5.74, 6) is 1.10. The number of fused-ring (bicyclic) bond motifs is 3. The fraction of sp³-hybridized carbons (Fsp3) is 0. The number of hydrogen-bond acceptors (Lipinski definition) is 4. The molecule has 0 spiro atoms. The van der Waals surface area contributed by atoms with Crippen LogP contribution in [-0.2, 0) is 0 Å². The highest BCUT2D eigenvalue weighted by molar-refractivity contribution is 9.10. The smallest absolute Gasteiger partial charge is 0.267 e. The fourth-order valence-corrected chi connectivity index (χ4v) is 2.60. The van der Waals surface area contributed by atoms with Crippen LogP contribution in [0.3, 0.4) is 0 Å². The van der Waals surface area contributed by atoms with Gasteiger partial charge in [-0.05, 0) is 30.3 Å². The zero-order valence-electron chi connectivity index (χ0n) is 10.8. The van der Waals surface area contributed by atoms with E-state index in [1.807, 2.05) is 48.5 Å². The van der Waals surface area contributed by atoms with Crippen LogP contribution >= 0.6 is 15.9 Å². The van der Waals surface area contributed by atoms with E-state index in [2.05, 4.69) is 25.9 Å². The van der Waals surface area contributed by atoms with Gasteiger partial charge in [0.25, 0.3) is 5.88 Å². The van der Waals surface area contributed by atoms with E-state index in [1.54, 1.807) is 0 Å². The van der Waals surface area contributed by atoms with E-state index in [1.165, 1.54) is 6.33 Å². The maximum absolute atomic E-state index is 5.83. The molecule has 2 heterocycles. The topological polar surface area (TPSA) is 48.2 Å². The Bertz CT molecular complexity index is 949. The minimum absolute atomic E-state index is 0.411. The Kier molecular flexibility index (Phi) is 2.86. The van der Waals surface area contributed by atoms with Crippen molar-refractivity contribution in [1.29, 1.82) is 0 Å². The quantitative estimate of drug-likeness (QED) is 0.519. The second-order valence-electron chi connectivity index (χ2n) is 4.51. The zero-order valence-corrected chi connectivity index (χ0v) is 12.4. The largest absolute Gasteiger partial charge is 0.449 e. The van der Waals surface area contributed by atoms with Gasteiger partial charge in [-0.3, -0.25) is 0 Å². The molecule has 0 amide bonds. The molecule has 0 aliphatic carbocycles. The van der Waals surface area contributed by atoms with Gasteiger partial charge in [0, 0.05) is 9.86 Å². The maximum Gasteiger partial charge on any atom is 0.267 e. The van der Waals surface area contributed by atoms with E-state index < -0.39 is 0 Å². The van der Waals surface area contributed by atoms with Crippen LogP contribution in [0.25, 0.3) is 22.1 Å². The van der Waals surface area contributed by atoms with E-state index >= 15 is 0 Å². The lowest BCUT2D eigenvalue weighted by atomic mass is 10.2. The Morgan fingerprint density at radius 2 is 1.90 bits per heavy atom. The molecular weight excluding hydrogens is 332 g/mol. The molecule has 0 N–H and O–H groups in total. The number of hydrogen-bond donors (Lipinski definition) is 0. The van der Waals surface area contributed by atoms with Crippen molar-refractivity contribution in [1.82, 2.24) is 9.97 Å². The van der Waals surface area contributed by atoms with Crippen LogP contribution in [0.15, 0.2) is 63.7 Å². The van der Waals surface area contributed by atoms with Gasteiger partial charge in [0.2, 0.25) is 5.58 Å². The molecule has 0 saturated carbocycles. The van der Waals surface area contributed by atoms with Gasteiger partial charge in [-0.25, -0.2) is 4.98 Å². The van der Waals surface area contributed by atoms with E-state index in [0.717, 1.165) is 21.0 Å². The third kappa shape index (κ3) is 2.15. The molecule has 4 aromatic rings. The second-order valence-corrected chi connectivity index (χ2v) is 5.43. The molecule has 102 valence electrons. The molecule has 0 aliphatic rings. The molecule has 2 aromatic heterocycles. The van der Waals surface area contributed by atoms with Crippen LogP contribution in [-0.4, -0.2) is 9.97 Å². The zero-order chi connectivity index (χ0) is 14.2. The summed E-state index contributed by atoms with van der Waals surface area (Å²) >= 11 is 3.42. The molecular formula is C16H9BrN2O2. The minimum atomic E-state index is 0.411. The van der Waals surface area contributed by atoms with Crippen LogP contribution in [0.2, 0.25) is 0 Å². The van der Waals surface area contributed by atoms with Crippen LogP contribution in [0.4, 0.5) is 0 Å². The number of halogens is 1. The van der Waals surface area contributed by atoms with Gasteiger partial charge < -0.3 is 9.15 Å². The molecule has 0 fully saturated rings. The Hall–Kier alpha value is -2.40. The van der Waals surface area contributed by atoms with Crippen molar-refractivity contribution >= 4 is 38.0 Å². The summed E-state index contributed by atoms with van der Waals surface area (Å²) < 4.78 is 12.6. The van der Waals surface area contributed by atoms with Crippen molar-refractivity contribution < 1.29 is 9.15 Å². The SMILES string of the molecule is Brc1cccc(Oc2ncnc3c2oc2ccccc23)c1. The van der Waals surface area contributed by atoms with Gasteiger partial charge in [0.05, 0.1) is 0 Å². The number of rotatable bonds is 2. The lowest BCUT2D eigenvalue weighted by molar-refractivity contribution is 0.456. The average molecular weight is 341 g/mol. The van der Waals surface area contributed by atoms with E-state index in [-0.39, 0.29) is 0 Å². The lowest BCUT2D eigenvalue weighted by Crippen LogP contribution is -1.89. The highest BCUT2D eigenvalue weighted by Crippen LogP contribution is 2.33. The van der Waals surface area contributed by atoms with Crippen molar-refractivity contribution in [2.45, 2.75) is 0 Å². The third-order valence-corrected chi connectivity index (χ3v) is 3.63. The summed E-state index contributed by atoms with van der Waals surface area (Å²) in [6.07, 6.45) is 1.48. The molecule has 0 radical (unpaired) electrons. The van der Waals surface area contributed by atoms with Crippen molar-refractivity contribution in [2.24, 2.45) is 0 Å². The summed E-state index contributed by atoms with van der Waals surface area (Å²) in [6, 6.07) is 15.3. The van der Waals surface area contributed by atoms with Crippen LogP contribution in [0, 0.1) is 0 Å². The van der Waals surface area contributed by atoms with Crippen molar-refractivity contribution in [3.8, 4) is 11.6 Å². The molecule has 0 aliphatic heterocycles. The number of para-hydroxylation sites is 1. The van der Waals surface area contributed by atoms with Gasteiger partial charge in [-0.1, -0.05) is 34.1 Å². The molecule has 4 nitrogen and oxygen atoms in total. The highest BCUT2D eigenvalue weighted by Gasteiger charge is 2.14. The number of ether oxygens (including phenoxy) is 1. The normalized spacial score (nSPS) is 11.1. The Labute approximate surface area is 128 Å². The van der Waals surface area contributed by atoms with E-state index in [4.69, 9.17) is 9.15 Å². The fourth-order valence-electron chi connectivity index (χ4n) is 2.22. The van der Waals surface area contributed by atoms with Crippen molar-refractivity contribution in [3.05, 3.63) is 59.3 Å². The van der Waals surface area contributed by atoms with Crippen molar-refractivity contribution in [2.75, 3.05) is 0 Å². The van der Waals surface area contributed by atoms with Crippen LogP contribution in [0.5, 0.6) is 11.6 Å². The first-order valence-corrected chi connectivity index (χ1v) is 7.16. The molecule has 4 rings (SSSR count). The van der Waals surface area contributed by atoms with Crippen molar-refractivity contribution in [3.63, 3.8) is 0 Å². The average Bonchev–Trinajstić information content (AvgIpc) is 2.87. The molecule has 0 bridgehead atoms. The summed E-state index contributed by atoms with van der Waals surface area (Å²) in [7, 11) is 0. The standard InChI is InChI=1S/C16H9BrN2O2/c17-10-4-3-5-11(8-10)20-16-15-14(18-9-19-16)12-6-1-2-7-13(12)21-15/h1-9H. The number of furan rings is 1. The predicted molar refractivity (Wildman–Crippen MR) is 83.5 cm³/mol. The Morgan fingerprint density at radius 3 is 2.81 bits per heavy atom. The van der Waals surface area contributed by atoms with Crippen LogP contribution < -0.4 is 4.74 Å². The van der Waals surface area contributed by atoms with E-state index in [9.17, 15) is 0 Å². The monoisotopic (exact) mass is 340 g/mol. The molecule has 0 unspecified atom stereocenters. The summed E-state index contributed by atoms with van der Waals surface area (Å²) in [4.78, 5) is 8.48. The number of benzene rings is 2. The molecule has 0 saturated heterocycles. The van der Waals surface area contributed by atoms with E-state index in [0.29, 0.717) is 17.2 Å². The minimum Gasteiger partial charge on any atom is -0.449 e. The van der Waals surface area contributed by atoms with Gasteiger partial charge in [-0.15, -0.1) is 0 Å². The number of aromatic nitrogens is 2. The summed E-state index contributed by atoms with van der Waals surface area (Å²) in [5.41, 5.74) is 2.08. The lowest BCUT2D eigenvalue weighted by Gasteiger charge is -2.04. The van der Waals surface area contributed by atoms with Gasteiger partial charge >= 0.3 is 0 Å². The highest BCUT2D eigenvalue weighted by atomic mass is 79.9. The maximum atomic E-state index is 5.83. The van der Waals surface area contributed by atoms with Crippen LogP contribution in [0.1, 0.15) is 0 Å². The first kappa shape index (κ1) is 12.3. The summed E-state index contributed by atoms with van der Waals surface area (Å²) in [6.45, 7) is 0. The molecule has 0 atom stereocenters. The molecule has 5 heteroatoms. The Balaban J connectivity index is 1.89. The second kappa shape index (κ2) is 4.86. The Morgan fingerprint density at radius 1 is 1.00 bits per heavy atom. The summed E-state index contributed by atoms with van der Waals surface area (Å²) in [5, 5.41) is 0.953. The molecule has 21 heavy (non-hydrogen) atoms. The van der Waals surface area contributed by atoms with Gasteiger partial charge in [0.15, 0.2) is 0 Å². The predicted octanol–water partition coefficient (Wildman–Crippen LogP) is 4.93. The number of nitrogens with zero attached hydrogens (tertiary/aromatic N) is 2. The molecule has 2 aromatic carbocycles. The van der Waals surface area contributed by atoms with Gasteiger partial charge in [-0.2, -0.15) is 4.98 Å². The van der Waals surface area contributed by atoms with Gasteiger partial charge in [0.1, 0.15) is 23.2 Å².